The first kappa shape index (κ1) is 32.2. The van der Waals surface area contributed by atoms with Crippen LogP contribution in [-0.4, -0.2) is 44.2 Å². The van der Waals surface area contributed by atoms with E-state index in [-0.39, 0.29) is 12.3 Å². The quantitative estimate of drug-likeness (QED) is 0.195. The van der Waals surface area contributed by atoms with Gasteiger partial charge in [0.25, 0.3) is 5.91 Å². The molecule has 11 heteroatoms. The molecule has 240 valence electrons. The molecule has 0 saturated heterocycles. The van der Waals surface area contributed by atoms with Crippen molar-refractivity contribution < 1.29 is 37.8 Å². The van der Waals surface area contributed by atoms with Crippen LogP contribution in [0.25, 0.3) is 11.4 Å². The highest BCUT2D eigenvalue weighted by Crippen LogP contribution is 2.61. The van der Waals surface area contributed by atoms with Crippen LogP contribution in [0.15, 0.2) is 48.5 Å². The topological polar surface area (TPSA) is 132 Å². The molecule has 4 N–H and O–H groups in total. The number of anilines is 1. The van der Waals surface area contributed by atoms with Gasteiger partial charge in [0, 0.05) is 23.4 Å². The smallest absolute Gasteiger partial charge is 0.481 e. The summed E-state index contributed by atoms with van der Waals surface area (Å²) in [6.07, 6.45) is 5.68. The van der Waals surface area contributed by atoms with Gasteiger partial charge >= 0.3 is 18.1 Å². The minimum Gasteiger partial charge on any atom is -0.481 e. The number of imidazole rings is 1. The van der Waals surface area contributed by atoms with Gasteiger partial charge in [-0.25, -0.2) is 9.78 Å². The molecule has 4 aliphatic rings. The summed E-state index contributed by atoms with van der Waals surface area (Å²) in [4.78, 5) is 41.8. The van der Waals surface area contributed by atoms with Gasteiger partial charge in [-0.15, -0.1) is 0 Å². The second-order valence-corrected chi connectivity index (χ2v) is 13.0. The highest BCUT2D eigenvalue weighted by molar-refractivity contribution is 6.04. The number of halogens is 3. The predicted molar refractivity (Wildman–Crippen MR) is 162 cm³/mol. The molecule has 1 heterocycles. The summed E-state index contributed by atoms with van der Waals surface area (Å²) in [5.74, 6) is -0.359. The molecule has 0 aliphatic heterocycles. The number of carboxylic acid groups (broad SMARTS) is 2. The van der Waals surface area contributed by atoms with Crippen molar-refractivity contribution in [3.63, 3.8) is 0 Å². The Bertz CT molecular complexity index is 1530. The van der Waals surface area contributed by atoms with Crippen LogP contribution in [0.5, 0.6) is 0 Å². The molecule has 0 unspecified atom stereocenters. The van der Waals surface area contributed by atoms with Gasteiger partial charge in [0.15, 0.2) is 0 Å². The van der Waals surface area contributed by atoms with Crippen LogP contribution in [0.2, 0.25) is 0 Å². The van der Waals surface area contributed by atoms with E-state index in [9.17, 15) is 22.8 Å². The Balaban J connectivity index is 0.000000515. The van der Waals surface area contributed by atoms with Gasteiger partial charge in [-0.1, -0.05) is 36.4 Å². The number of alkyl halides is 3. The van der Waals surface area contributed by atoms with Crippen molar-refractivity contribution in [2.75, 3.05) is 5.32 Å². The lowest BCUT2D eigenvalue weighted by Gasteiger charge is -2.57. The number of carbonyl (C=O) groups excluding carboxylic acids is 1. The van der Waals surface area contributed by atoms with Crippen LogP contribution in [-0.2, 0) is 22.4 Å². The SMILES string of the molecule is Cc1ccccc1-c1nc(C(=O)Nc2cccc(CCC(=O)O)c2)c(CCC23CC4CC(CC(C4)C2)C3)[nH]1.O=C(O)C(F)(F)F. The number of amides is 1. The highest BCUT2D eigenvalue weighted by Gasteiger charge is 2.50. The van der Waals surface area contributed by atoms with Crippen molar-refractivity contribution in [2.24, 2.45) is 23.2 Å². The summed E-state index contributed by atoms with van der Waals surface area (Å²) in [7, 11) is 0. The Labute approximate surface area is 259 Å². The molecule has 45 heavy (non-hydrogen) atoms. The van der Waals surface area contributed by atoms with Gasteiger partial charge < -0.3 is 20.5 Å². The van der Waals surface area contributed by atoms with Gasteiger partial charge in [0.05, 0.1) is 0 Å². The monoisotopic (exact) mass is 625 g/mol. The minimum absolute atomic E-state index is 0.0605. The molecule has 0 radical (unpaired) electrons. The Morgan fingerprint density at radius 3 is 2.16 bits per heavy atom. The zero-order valence-corrected chi connectivity index (χ0v) is 25.1. The fourth-order valence-electron chi connectivity index (χ4n) is 7.98. The van der Waals surface area contributed by atoms with E-state index in [0.717, 1.165) is 58.8 Å². The van der Waals surface area contributed by atoms with Crippen molar-refractivity contribution in [1.29, 1.82) is 0 Å². The number of nitrogens with one attached hydrogen (secondary N) is 2. The summed E-state index contributed by atoms with van der Waals surface area (Å²) >= 11 is 0. The molecular weight excluding hydrogens is 587 g/mol. The van der Waals surface area contributed by atoms with E-state index < -0.39 is 18.1 Å². The summed E-state index contributed by atoms with van der Waals surface area (Å²) < 4.78 is 31.7. The van der Waals surface area contributed by atoms with Crippen LogP contribution >= 0.6 is 0 Å². The van der Waals surface area contributed by atoms with Crippen LogP contribution in [0.1, 0.15) is 78.7 Å². The standard InChI is InChI=1S/C32H37N3O3.C2HF3O2/c1-20-5-2-3-8-26(20)30-34-27(11-12-32-17-22-13-23(18-32)15-24(14-22)19-32)29(35-30)31(38)33-25-7-4-6-21(16-25)9-10-28(36)37;3-2(4,5)1(6)7/h2-8,16,22-24H,9-15,17-19H2,1H3,(H,33,38)(H,34,35)(H,36,37);(H,6,7). The third-order valence-corrected chi connectivity index (χ3v) is 9.52. The van der Waals surface area contributed by atoms with Crippen molar-refractivity contribution in [3.8, 4) is 11.4 Å². The van der Waals surface area contributed by atoms with E-state index in [1.54, 1.807) is 0 Å². The fourth-order valence-corrected chi connectivity index (χ4v) is 7.98. The van der Waals surface area contributed by atoms with E-state index in [4.69, 9.17) is 20.0 Å². The Kier molecular flexibility index (Phi) is 9.36. The number of aryl methyl sites for hydroxylation is 3. The molecule has 1 amide bonds. The van der Waals surface area contributed by atoms with Crippen LogP contribution < -0.4 is 5.32 Å². The molecule has 4 aliphatic carbocycles. The van der Waals surface area contributed by atoms with Gasteiger partial charge in [0.1, 0.15) is 11.5 Å². The molecular formula is C34H38F3N3O5. The van der Waals surface area contributed by atoms with Crippen LogP contribution in [0.3, 0.4) is 0 Å². The Morgan fingerprint density at radius 1 is 0.956 bits per heavy atom. The molecule has 0 atom stereocenters. The van der Waals surface area contributed by atoms with Gasteiger partial charge in [-0.05, 0) is 111 Å². The van der Waals surface area contributed by atoms with Crippen molar-refractivity contribution in [3.05, 3.63) is 71.0 Å². The fraction of sp³-hybridized carbons (Fsp3) is 0.471. The number of carboxylic acids is 2. The first-order valence-corrected chi connectivity index (χ1v) is 15.4. The number of benzene rings is 2. The van der Waals surface area contributed by atoms with E-state index in [2.05, 4.69) is 23.3 Å². The highest BCUT2D eigenvalue weighted by atomic mass is 19.4. The average Bonchev–Trinajstić information content (AvgIpc) is 3.39. The lowest BCUT2D eigenvalue weighted by atomic mass is 9.48. The van der Waals surface area contributed by atoms with E-state index >= 15 is 0 Å². The van der Waals surface area contributed by atoms with Crippen LogP contribution in [0.4, 0.5) is 18.9 Å². The number of aromatic amines is 1. The number of carbonyl (C=O) groups is 3. The zero-order valence-electron chi connectivity index (χ0n) is 25.1. The second-order valence-electron chi connectivity index (χ2n) is 13.0. The van der Waals surface area contributed by atoms with Crippen molar-refractivity contribution >= 4 is 23.5 Å². The molecule has 7 rings (SSSR count). The minimum atomic E-state index is -5.08. The number of aromatic nitrogens is 2. The lowest BCUT2D eigenvalue weighted by molar-refractivity contribution is -0.192. The third kappa shape index (κ3) is 7.93. The maximum absolute atomic E-state index is 13.6. The maximum Gasteiger partial charge on any atom is 0.490 e. The average molecular weight is 626 g/mol. The number of hydrogen-bond donors (Lipinski definition) is 4. The van der Waals surface area contributed by atoms with Gasteiger partial charge in [0.2, 0.25) is 0 Å². The number of hydrogen-bond acceptors (Lipinski definition) is 4. The van der Waals surface area contributed by atoms with Gasteiger partial charge in [-0.3, -0.25) is 9.59 Å². The van der Waals surface area contributed by atoms with E-state index in [1.165, 1.54) is 38.5 Å². The summed E-state index contributed by atoms with van der Waals surface area (Å²) in [5.41, 5.74) is 5.47. The summed E-state index contributed by atoms with van der Waals surface area (Å²) in [5, 5.41) is 19.2. The zero-order chi connectivity index (χ0) is 32.4. The van der Waals surface area contributed by atoms with Crippen molar-refractivity contribution in [1.82, 2.24) is 9.97 Å². The molecule has 2 aromatic carbocycles. The number of aliphatic carboxylic acids is 2. The van der Waals surface area contributed by atoms with Gasteiger partial charge in [-0.2, -0.15) is 13.2 Å². The Hall–Kier alpha value is -4.15. The number of H-pyrrole nitrogens is 1. The molecule has 4 bridgehead atoms. The maximum atomic E-state index is 13.6. The third-order valence-electron chi connectivity index (χ3n) is 9.52. The summed E-state index contributed by atoms with van der Waals surface area (Å²) in [6, 6.07) is 15.6. The second kappa shape index (κ2) is 13.1. The van der Waals surface area contributed by atoms with Crippen molar-refractivity contribution in [2.45, 2.75) is 77.3 Å². The number of rotatable bonds is 9. The van der Waals surface area contributed by atoms with E-state index in [1.807, 2.05) is 42.5 Å². The first-order chi connectivity index (χ1) is 21.3. The predicted octanol–water partition coefficient (Wildman–Crippen LogP) is 7.44. The molecule has 4 fully saturated rings. The normalized spacial score (nSPS) is 23.2. The molecule has 3 aromatic rings. The number of nitrogens with zero attached hydrogens (tertiary/aromatic N) is 1. The van der Waals surface area contributed by atoms with Crippen LogP contribution in [0, 0.1) is 30.1 Å². The van der Waals surface area contributed by atoms with E-state index in [0.29, 0.717) is 23.2 Å². The molecule has 8 nitrogen and oxygen atoms in total. The summed E-state index contributed by atoms with van der Waals surface area (Å²) in [6.45, 7) is 2.06. The first-order valence-electron chi connectivity index (χ1n) is 15.4. The molecule has 0 spiro atoms. The Morgan fingerprint density at radius 2 is 1.58 bits per heavy atom. The molecule has 1 aromatic heterocycles. The molecule has 4 saturated carbocycles. The lowest BCUT2D eigenvalue weighted by Crippen LogP contribution is -2.46. The largest absolute Gasteiger partial charge is 0.490 e.